The van der Waals surface area contributed by atoms with Gasteiger partial charge in [-0.05, 0) is 24.3 Å². The molecule has 106 valence electrons. The van der Waals surface area contributed by atoms with Gasteiger partial charge in [0.25, 0.3) is 5.91 Å². The van der Waals surface area contributed by atoms with E-state index in [1.165, 1.54) is 0 Å². The number of piperidine rings is 1. The molecular formula is C15H17NO4. The first kappa shape index (κ1) is 14.2. The number of nitrogens with one attached hydrogen (secondary N) is 1. The number of hydrogen-bond acceptors (Lipinski definition) is 4. The van der Waals surface area contributed by atoms with E-state index in [2.05, 4.69) is 5.32 Å². The molecule has 0 aliphatic carbocycles. The van der Waals surface area contributed by atoms with Crippen molar-refractivity contribution in [2.75, 3.05) is 0 Å². The van der Waals surface area contributed by atoms with Crippen molar-refractivity contribution < 1.29 is 19.1 Å². The number of rotatable bonds is 4. The summed E-state index contributed by atoms with van der Waals surface area (Å²) in [5.74, 6) is -0.162. The second kappa shape index (κ2) is 5.86. The minimum Gasteiger partial charge on any atom is -0.481 e. The molecule has 1 saturated heterocycles. The number of ether oxygens (including phenoxy) is 1. The highest BCUT2D eigenvalue weighted by Gasteiger charge is 2.28. The topological polar surface area (TPSA) is 72.5 Å². The van der Waals surface area contributed by atoms with Crippen LogP contribution in [0.5, 0.6) is 5.75 Å². The van der Waals surface area contributed by atoms with Crippen LogP contribution in [0.4, 0.5) is 0 Å². The van der Waals surface area contributed by atoms with Gasteiger partial charge in [-0.25, -0.2) is 0 Å². The maximum Gasteiger partial charge on any atom is 0.267 e. The molecule has 1 atom stereocenters. The Bertz CT molecular complexity index is 533. The third-order valence-electron chi connectivity index (χ3n) is 3.13. The number of Topliss-reactive ketones (excluding diaryl/α,β-unsaturated/α-hetero) is 1. The van der Waals surface area contributed by atoms with Crippen LogP contribution in [-0.4, -0.2) is 23.7 Å². The molecule has 1 aromatic rings. The van der Waals surface area contributed by atoms with Crippen molar-refractivity contribution in [1.29, 1.82) is 0 Å². The maximum atomic E-state index is 11.8. The second-order valence-electron chi connectivity index (χ2n) is 5.10. The Balaban J connectivity index is 2.02. The van der Waals surface area contributed by atoms with Crippen LogP contribution in [0.1, 0.15) is 37.0 Å². The lowest BCUT2D eigenvalue weighted by molar-refractivity contribution is -0.138. The van der Waals surface area contributed by atoms with Crippen molar-refractivity contribution in [3.05, 3.63) is 29.8 Å². The number of imide groups is 1. The van der Waals surface area contributed by atoms with E-state index < -0.39 is 12.0 Å². The zero-order chi connectivity index (χ0) is 14.7. The summed E-state index contributed by atoms with van der Waals surface area (Å²) in [4.78, 5) is 34.4. The minimum atomic E-state index is -0.653. The molecular weight excluding hydrogens is 258 g/mol. The zero-order valence-electron chi connectivity index (χ0n) is 11.5. The summed E-state index contributed by atoms with van der Waals surface area (Å²) in [6.45, 7) is 3.69. The smallest absolute Gasteiger partial charge is 0.267 e. The van der Waals surface area contributed by atoms with Gasteiger partial charge in [0.2, 0.25) is 5.91 Å². The van der Waals surface area contributed by atoms with Crippen LogP contribution in [0.2, 0.25) is 0 Å². The van der Waals surface area contributed by atoms with Gasteiger partial charge < -0.3 is 4.74 Å². The molecule has 0 radical (unpaired) electrons. The van der Waals surface area contributed by atoms with Crippen LogP contribution in [0, 0.1) is 5.92 Å². The largest absolute Gasteiger partial charge is 0.481 e. The van der Waals surface area contributed by atoms with Gasteiger partial charge in [0.15, 0.2) is 11.9 Å². The molecule has 1 heterocycles. The standard InChI is InChI=1S/C15H17NO4/c1-9(2)14(18)10-3-5-11(6-4-10)20-12-7-8-13(17)16-15(12)19/h3-6,9,12H,7-8H2,1-2H3,(H,16,17,19). The van der Waals surface area contributed by atoms with Gasteiger partial charge in [0, 0.05) is 24.3 Å². The Morgan fingerprint density at radius 3 is 2.45 bits per heavy atom. The SMILES string of the molecule is CC(C)C(=O)c1ccc(OC2CCC(=O)NC2=O)cc1. The Hall–Kier alpha value is -2.17. The van der Waals surface area contributed by atoms with Crippen LogP contribution in [0.15, 0.2) is 24.3 Å². The maximum absolute atomic E-state index is 11.8. The summed E-state index contributed by atoms with van der Waals surface area (Å²) in [6.07, 6.45) is -0.00291. The van der Waals surface area contributed by atoms with Gasteiger partial charge in [-0.15, -0.1) is 0 Å². The van der Waals surface area contributed by atoms with Crippen LogP contribution < -0.4 is 10.1 Å². The molecule has 0 spiro atoms. The molecule has 20 heavy (non-hydrogen) atoms. The molecule has 5 heteroatoms. The summed E-state index contributed by atoms with van der Waals surface area (Å²) in [5.41, 5.74) is 0.621. The van der Waals surface area contributed by atoms with Crippen LogP contribution in [-0.2, 0) is 9.59 Å². The fourth-order valence-electron chi connectivity index (χ4n) is 1.98. The number of ketones is 1. The van der Waals surface area contributed by atoms with E-state index in [4.69, 9.17) is 4.74 Å². The summed E-state index contributed by atoms with van der Waals surface area (Å²) in [5, 5.41) is 2.24. The van der Waals surface area contributed by atoms with Crippen LogP contribution in [0.3, 0.4) is 0 Å². The molecule has 1 aliphatic rings. The Morgan fingerprint density at radius 1 is 1.25 bits per heavy atom. The first-order chi connectivity index (χ1) is 9.47. The van der Waals surface area contributed by atoms with Crippen LogP contribution >= 0.6 is 0 Å². The molecule has 2 amide bonds. The molecule has 1 aliphatic heterocycles. The molecule has 1 unspecified atom stereocenters. The number of hydrogen-bond donors (Lipinski definition) is 1. The summed E-state index contributed by atoms with van der Waals surface area (Å²) in [7, 11) is 0. The van der Waals surface area contributed by atoms with E-state index in [0.717, 1.165) is 0 Å². The fraction of sp³-hybridized carbons (Fsp3) is 0.400. The zero-order valence-corrected chi connectivity index (χ0v) is 11.5. The molecule has 1 aromatic carbocycles. The van der Waals surface area contributed by atoms with Gasteiger partial charge in [-0.3, -0.25) is 19.7 Å². The monoisotopic (exact) mass is 275 g/mol. The van der Waals surface area contributed by atoms with E-state index in [1.807, 2.05) is 13.8 Å². The lowest BCUT2D eigenvalue weighted by Gasteiger charge is -2.22. The fourth-order valence-corrected chi connectivity index (χ4v) is 1.98. The van der Waals surface area contributed by atoms with E-state index in [0.29, 0.717) is 17.7 Å². The molecule has 0 saturated carbocycles. The van der Waals surface area contributed by atoms with Gasteiger partial charge in [-0.2, -0.15) is 0 Å². The third kappa shape index (κ3) is 3.23. The second-order valence-corrected chi connectivity index (χ2v) is 5.10. The first-order valence-corrected chi connectivity index (χ1v) is 6.62. The van der Waals surface area contributed by atoms with Crippen LogP contribution in [0.25, 0.3) is 0 Å². The average Bonchev–Trinajstić information content (AvgIpc) is 2.42. The lowest BCUT2D eigenvalue weighted by atomic mass is 10.0. The number of benzene rings is 1. The number of amides is 2. The highest BCUT2D eigenvalue weighted by molar-refractivity contribution is 6.00. The van der Waals surface area contributed by atoms with Gasteiger partial charge in [-0.1, -0.05) is 13.8 Å². The Labute approximate surface area is 117 Å². The van der Waals surface area contributed by atoms with E-state index in [-0.39, 0.29) is 24.0 Å². The van der Waals surface area contributed by atoms with E-state index >= 15 is 0 Å². The molecule has 5 nitrogen and oxygen atoms in total. The van der Waals surface area contributed by atoms with Crippen molar-refractivity contribution in [3.8, 4) is 5.75 Å². The Morgan fingerprint density at radius 2 is 1.90 bits per heavy atom. The number of carbonyl (C=O) groups excluding carboxylic acids is 3. The number of carbonyl (C=O) groups is 3. The van der Waals surface area contributed by atoms with E-state index in [1.54, 1.807) is 24.3 Å². The molecule has 1 N–H and O–H groups in total. The molecule has 0 aromatic heterocycles. The normalized spacial score (nSPS) is 18.9. The van der Waals surface area contributed by atoms with Gasteiger partial charge in [0.1, 0.15) is 5.75 Å². The first-order valence-electron chi connectivity index (χ1n) is 6.62. The van der Waals surface area contributed by atoms with Crippen molar-refractivity contribution in [2.45, 2.75) is 32.8 Å². The van der Waals surface area contributed by atoms with Crippen molar-refractivity contribution >= 4 is 17.6 Å². The predicted octanol–water partition coefficient (Wildman–Crippen LogP) is 1.71. The highest BCUT2D eigenvalue weighted by atomic mass is 16.5. The summed E-state index contributed by atoms with van der Waals surface area (Å²) >= 11 is 0. The van der Waals surface area contributed by atoms with Gasteiger partial charge >= 0.3 is 0 Å². The minimum absolute atomic E-state index is 0.0584. The molecule has 2 rings (SSSR count). The van der Waals surface area contributed by atoms with Crippen molar-refractivity contribution in [1.82, 2.24) is 5.32 Å². The summed E-state index contributed by atoms with van der Waals surface area (Å²) < 4.78 is 5.54. The summed E-state index contributed by atoms with van der Waals surface area (Å²) in [6, 6.07) is 6.70. The van der Waals surface area contributed by atoms with E-state index in [9.17, 15) is 14.4 Å². The highest BCUT2D eigenvalue weighted by Crippen LogP contribution is 2.19. The predicted molar refractivity (Wildman–Crippen MR) is 72.4 cm³/mol. The average molecular weight is 275 g/mol. The third-order valence-corrected chi connectivity index (χ3v) is 3.13. The lowest BCUT2D eigenvalue weighted by Crippen LogP contribution is -2.46. The van der Waals surface area contributed by atoms with Gasteiger partial charge in [0.05, 0.1) is 0 Å². The Kier molecular flexibility index (Phi) is 4.17. The molecule has 1 fully saturated rings. The quantitative estimate of drug-likeness (QED) is 0.670. The van der Waals surface area contributed by atoms with Crippen molar-refractivity contribution in [2.24, 2.45) is 5.92 Å². The van der Waals surface area contributed by atoms with Crippen molar-refractivity contribution in [3.63, 3.8) is 0 Å². The molecule has 0 bridgehead atoms.